The van der Waals surface area contributed by atoms with Crippen molar-refractivity contribution < 1.29 is 14.1 Å². The molecule has 0 atom stereocenters. The molecule has 34 heavy (non-hydrogen) atoms. The van der Waals surface area contributed by atoms with E-state index in [1.807, 2.05) is 25.1 Å². The monoisotopic (exact) mass is 496 g/mol. The molecule has 7 nitrogen and oxygen atoms in total. The van der Waals surface area contributed by atoms with Crippen LogP contribution >= 0.6 is 23.4 Å². The third kappa shape index (κ3) is 5.16. The first-order valence-corrected chi connectivity index (χ1v) is 11.6. The first-order valence-electron chi connectivity index (χ1n) is 10.3. The number of fused-ring (bicyclic) bond motifs is 1. The van der Waals surface area contributed by atoms with Crippen LogP contribution in [0.3, 0.4) is 0 Å². The maximum absolute atomic E-state index is 13.4. The highest BCUT2D eigenvalue weighted by Crippen LogP contribution is 2.31. The van der Waals surface area contributed by atoms with Crippen molar-refractivity contribution in [3.05, 3.63) is 87.2 Å². The summed E-state index contributed by atoms with van der Waals surface area (Å²) in [5.41, 5.74) is 2.45. The fourth-order valence-electron chi connectivity index (χ4n) is 3.37. The lowest BCUT2D eigenvalue weighted by atomic mass is 10.1. The predicted molar refractivity (Wildman–Crippen MR) is 132 cm³/mol. The third-order valence-corrected chi connectivity index (χ3v) is 6.34. The number of carbonyl (C=O) groups is 1. The normalized spacial score (nSPS) is 10.9. The van der Waals surface area contributed by atoms with Crippen molar-refractivity contribution in [2.24, 2.45) is 0 Å². The number of benzene rings is 3. The molecule has 0 unspecified atom stereocenters. The Morgan fingerprint density at radius 2 is 1.91 bits per heavy atom. The van der Waals surface area contributed by atoms with Gasteiger partial charge in [-0.05, 0) is 48.4 Å². The van der Waals surface area contributed by atoms with Crippen LogP contribution in [0.2, 0.25) is 5.02 Å². The molecule has 1 N–H and O–H groups in total. The fraction of sp³-hybridized carbons (Fsp3) is 0.125. The third-order valence-electron chi connectivity index (χ3n) is 5.03. The molecule has 4 aromatic rings. The zero-order chi connectivity index (χ0) is 24.2. The zero-order valence-corrected chi connectivity index (χ0v) is 19.5. The quantitative estimate of drug-likeness (QED) is 0.140. The Balaban J connectivity index is 1.62. The number of nitro benzene ring substituents is 1. The molecule has 10 heteroatoms. The summed E-state index contributed by atoms with van der Waals surface area (Å²) in [5.74, 6) is -0.262. The molecule has 1 amide bonds. The highest BCUT2D eigenvalue weighted by atomic mass is 35.5. The van der Waals surface area contributed by atoms with Gasteiger partial charge in [0.1, 0.15) is 15.9 Å². The van der Waals surface area contributed by atoms with Gasteiger partial charge in [-0.3, -0.25) is 14.9 Å². The number of thioether (sulfide) groups is 1. The van der Waals surface area contributed by atoms with Crippen molar-refractivity contribution in [2.75, 3.05) is 11.1 Å². The number of para-hydroxylation sites is 1. The van der Waals surface area contributed by atoms with Crippen molar-refractivity contribution in [1.82, 2.24) is 9.97 Å². The number of hydrogen-bond donors (Lipinski definition) is 1. The topological polar surface area (TPSA) is 98.0 Å². The van der Waals surface area contributed by atoms with E-state index >= 15 is 0 Å². The summed E-state index contributed by atoms with van der Waals surface area (Å²) in [6, 6.07) is 15.8. The van der Waals surface area contributed by atoms with Crippen molar-refractivity contribution in [1.29, 1.82) is 0 Å². The molecule has 0 saturated heterocycles. The van der Waals surface area contributed by atoms with E-state index in [0.717, 1.165) is 22.9 Å². The Morgan fingerprint density at radius 3 is 2.62 bits per heavy atom. The van der Waals surface area contributed by atoms with Crippen molar-refractivity contribution in [2.45, 2.75) is 18.4 Å². The number of nitrogens with one attached hydrogen (secondary N) is 1. The van der Waals surface area contributed by atoms with Gasteiger partial charge >= 0.3 is 0 Å². The summed E-state index contributed by atoms with van der Waals surface area (Å²) in [5, 5.41) is 15.1. The number of rotatable bonds is 7. The molecule has 3 aromatic carbocycles. The van der Waals surface area contributed by atoms with Crippen LogP contribution in [0.25, 0.3) is 22.3 Å². The smallest absolute Gasteiger partial charge is 0.289 e. The van der Waals surface area contributed by atoms with Gasteiger partial charge in [0.05, 0.1) is 16.2 Å². The Hall–Kier alpha value is -3.56. The van der Waals surface area contributed by atoms with Gasteiger partial charge in [0.25, 0.3) is 5.69 Å². The molecule has 1 heterocycles. The van der Waals surface area contributed by atoms with E-state index in [-0.39, 0.29) is 33.9 Å². The number of carbonyl (C=O) groups excluding carboxylic acids is 1. The van der Waals surface area contributed by atoms with E-state index in [1.165, 1.54) is 42.1 Å². The van der Waals surface area contributed by atoms with Gasteiger partial charge in [-0.2, -0.15) is 0 Å². The lowest BCUT2D eigenvalue weighted by molar-refractivity contribution is -0.384. The Morgan fingerprint density at radius 1 is 1.15 bits per heavy atom. The average molecular weight is 497 g/mol. The highest BCUT2D eigenvalue weighted by molar-refractivity contribution is 8.00. The molecule has 0 radical (unpaired) electrons. The molecular formula is C24H18ClFN4O3S. The molecule has 0 saturated carbocycles. The van der Waals surface area contributed by atoms with Crippen LogP contribution in [-0.2, 0) is 11.2 Å². The SMILES string of the molecule is CCc1cccc2c(SCC(=O)Nc3ccc(Cl)c([N+](=O)[O-])c3)nc(-c3ccc(F)cc3)nc12. The predicted octanol–water partition coefficient (Wildman–Crippen LogP) is 6.29. The van der Waals surface area contributed by atoms with Crippen LogP contribution in [0.1, 0.15) is 12.5 Å². The van der Waals surface area contributed by atoms with E-state index in [0.29, 0.717) is 16.4 Å². The molecule has 0 spiro atoms. The van der Waals surface area contributed by atoms with Crippen LogP contribution in [0.4, 0.5) is 15.8 Å². The average Bonchev–Trinajstić information content (AvgIpc) is 2.83. The lowest BCUT2D eigenvalue weighted by Gasteiger charge is -2.11. The lowest BCUT2D eigenvalue weighted by Crippen LogP contribution is -2.14. The first kappa shape index (κ1) is 23.6. The molecule has 0 aliphatic rings. The minimum Gasteiger partial charge on any atom is -0.325 e. The summed E-state index contributed by atoms with van der Waals surface area (Å²) >= 11 is 7.05. The summed E-state index contributed by atoms with van der Waals surface area (Å²) in [4.78, 5) is 32.4. The van der Waals surface area contributed by atoms with Gasteiger partial charge in [0.2, 0.25) is 5.91 Å². The van der Waals surface area contributed by atoms with E-state index in [9.17, 15) is 19.3 Å². The molecular weight excluding hydrogens is 479 g/mol. The van der Waals surface area contributed by atoms with Gasteiger partial charge in [0, 0.05) is 22.7 Å². The van der Waals surface area contributed by atoms with Gasteiger partial charge < -0.3 is 5.32 Å². The van der Waals surface area contributed by atoms with Gasteiger partial charge in [-0.15, -0.1) is 0 Å². The van der Waals surface area contributed by atoms with Crippen LogP contribution in [0, 0.1) is 15.9 Å². The molecule has 0 aliphatic heterocycles. The highest BCUT2D eigenvalue weighted by Gasteiger charge is 2.16. The number of amides is 1. The van der Waals surface area contributed by atoms with Crippen molar-refractivity contribution >= 4 is 51.5 Å². The summed E-state index contributed by atoms with van der Waals surface area (Å²) in [6.45, 7) is 2.03. The van der Waals surface area contributed by atoms with Gasteiger partial charge in [-0.25, -0.2) is 14.4 Å². The van der Waals surface area contributed by atoms with E-state index < -0.39 is 4.92 Å². The number of aryl methyl sites for hydroxylation is 1. The molecule has 0 bridgehead atoms. The van der Waals surface area contributed by atoms with Gasteiger partial charge in [-0.1, -0.05) is 48.5 Å². The Bertz CT molecular complexity index is 1400. The standard InChI is InChI=1S/C24H18ClFN4O3S/c1-2-14-4-3-5-18-22(14)28-23(15-6-8-16(26)9-7-15)29-24(18)34-13-21(31)27-17-10-11-19(25)20(12-17)30(32)33/h3-12H,2,13H2,1H3,(H,27,31). The summed E-state index contributed by atoms with van der Waals surface area (Å²) < 4.78 is 13.4. The summed E-state index contributed by atoms with van der Waals surface area (Å²) in [6.07, 6.45) is 0.761. The van der Waals surface area contributed by atoms with Crippen LogP contribution in [-0.4, -0.2) is 26.6 Å². The zero-order valence-electron chi connectivity index (χ0n) is 17.9. The number of nitrogens with zero attached hydrogens (tertiary/aromatic N) is 3. The Kier molecular flexibility index (Phi) is 7.04. The second-order valence-electron chi connectivity index (χ2n) is 7.29. The van der Waals surface area contributed by atoms with E-state index in [2.05, 4.69) is 10.3 Å². The maximum atomic E-state index is 13.4. The van der Waals surface area contributed by atoms with Crippen molar-refractivity contribution in [3.63, 3.8) is 0 Å². The molecule has 4 rings (SSSR count). The number of anilines is 1. The second-order valence-corrected chi connectivity index (χ2v) is 8.66. The molecule has 0 aliphatic carbocycles. The van der Waals surface area contributed by atoms with Crippen LogP contribution in [0.15, 0.2) is 65.7 Å². The number of aromatic nitrogens is 2. The maximum Gasteiger partial charge on any atom is 0.289 e. The number of halogens is 2. The molecule has 0 fully saturated rings. The first-order chi connectivity index (χ1) is 16.4. The number of hydrogen-bond acceptors (Lipinski definition) is 6. The molecule has 1 aromatic heterocycles. The van der Waals surface area contributed by atoms with Crippen molar-refractivity contribution in [3.8, 4) is 11.4 Å². The largest absolute Gasteiger partial charge is 0.325 e. The minimum absolute atomic E-state index is 0.00937. The molecule has 172 valence electrons. The summed E-state index contributed by atoms with van der Waals surface area (Å²) in [7, 11) is 0. The van der Waals surface area contributed by atoms with E-state index in [4.69, 9.17) is 16.6 Å². The van der Waals surface area contributed by atoms with Crippen LogP contribution in [0.5, 0.6) is 0 Å². The second kappa shape index (κ2) is 10.1. The van der Waals surface area contributed by atoms with Crippen LogP contribution < -0.4 is 5.32 Å². The minimum atomic E-state index is -0.609. The Labute approximate surface area is 203 Å². The van der Waals surface area contributed by atoms with Gasteiger partial charge in [0.15, 0.2) is 5.82 Å². The van der Waals surface area contributed by atoms with E-state index in [1.54, 1.807) is 12.1 Å². The number of nitro groups is 1. The fourth-order valence-corrected chi connectivity index (χ4v) is 4.37.